The molecule has 0 N–H and O–H groups in total. The van der Waals surface area contributed by atoms with Gasteiger partial charge in [-0.05, 0) is 48.6 Å². The summed E-state index contributed by atoms with van der Waals surface area (Å²) in [5, 5.41) is 9.40. The van der Waals surface area contributed by atoms with Crippen molar-refractivity contribution in [3.8, 4) is 11.5 Å². The summed E-state index contributed by atoms with van der Waals surface area (Å²) in [5.74, 6) is 1.63. The summed E-state index contributed by atoms with van der Waals surface area (Å²) in [5.41, 5.74) is 3.17. The van der Waals surface area contributed by atoms with Crippen molar-refractivity contribution in [2.24, 2.45) is 5.92 Å². The minimum Gasteiger partial charge on any atom is -0.420 e. The molecule has 0 saturated carbocycles. The first kappa shape index (κ1) is 18.0. The van der Waals surface area contributed by atoms with Gasteiger partial charge in [-0.2, -0.15) is 0 Å². The molecule has 2 aromatic carbocycles. The molecule has 1 unspecified atom stereocenters. The molecular weight excluding hydrogens is 355 g/mol. The van der Waals surface area contributed by atoms with Gasteiger partial charge in [0.15, 0.2) is 0 Å². The normalized spacial score (nSPS) is 12.6. The van der Waals surface area contributed by atoms with E-state index >= 15 is 0 Å². The summed E-state index contributed by atoms with van der Waals surface area (Å²) in [7, 11) is 0. The minimum absolute atomic E-state index is 0.0143. The van der Waals surface area contributed by atoms with Crippen LogP contribution in [0.5, 0.6) is 0 Å². The molecule has 5 heteroatoms. The van der Waals surface area contributed by atoms with E-state index < -0.39 is 0 Å². The second-order valence-electron chi connectivity index (χ2n) is 6.63. The highest BCUT2D eigenvalue weighted by Crippen LogP contribution is 2.31. The lowest BCUT2D eigenvalue weighted by molar-refractivity contribution is 0.490. The van der Waals surface area contributed by atoms with Gasteiger partial charge in [0, 0.05) is 5.02 Å². The Balaban J connectivity index is 1.81. The molecule has 0 spiro atoms. The average Bonchev–Trinajstić information content (AvgIpc) is 3.04. The summed E-state index contributed by atoms with van der Waals surface area (Å²) in [6, 6.07) is 13.8. The van der Waals surface area contributed by atoms with Crippen LogP contribution in [0.15, 0.2) is 46.9 Å². The molecule has 3 aromatic rings. The van der Waals surface area contributed by atoms with Crippen LogP contribution >= 0.6 is 23.2 Å². The first-order valence-electron chi connectivity index (χ1n) is 8.31. The molecule has 1 atom stereocenters. The molecule has 1 aromatic heterocycles. The molecule has 0 amide bonds. The molecule has 3 nitrogen and oxygen atoms in total. The molecule has 0 bridgehead atoms. The predicted molar refractivity (Wildman–Crippen MR) is 102 cm³/mol. The van der Waals surface area contributed by atoms with Crippen molar-refractivity contribution in [3.63, 3.8) is 0 Å². The Bertz CT molecular complexity index is 856. The zero-order valence-corrected chi connectivity index (χ0v) is 16.0. The quantitative estimate of drug-likeness (QED) is 0.518. The second kappa shape index (κ2) is 7.59. The van der Waals surface area contributed by atoms with Crippen LogP contribution in [-0.2, 0) is 6.42 Å². The van der Waals surface area contributed by atoms with Crippen molar-refractivity contribution < 1.29 is 4.42 Å². The number of hydrogen-bond acceptors (Lipinski definition) is 3. The van der Waals surface area contributed by atoms with Crippen molar-refractivity contribution in [1.29, 1.82) is 0 Å². The van der Waals surface area contributed by atoms with Crippen molar-refractivity contribution in [3.05, 3.63) is 69.5 Å². The van der Waals surface area contributed by atoms with Crippen LogP contribution in [0.2, 0.25) is 10.0 Å². The van der Waals surface area contributed by atoms with Gasteiger partial charge in [-0.25, -0.2) is 0 Å². The minimum atomic E-state index is 0.0143. The van der Waals surface area contributed by atoms with E-state index in [1.807, 2.05) is 0 Å². The summed E-state index contributed by atoms with van der Waals surface area (Å²) in [6.45, 7) is 6.50. The van der Waals surface area contributed by atoms with Crippen LogP contribution in [0.25, 0.3) is 11.5 Å². The number of hydrogen-bond donors (Lipinski definition) is 0. The van der Waals surface area contributed by atoms with Crippen LogP contribution in [-0.4, -0.2) is 10.2 Å². The zero-order valence-electron chi connectivity index (χ0n) is 14.5. The lowest BCUT2D eigenvalue weighted by Gasteiger charge is -2.09. The number of halogens is 2. The number of aromatic nitrogens is 2. The summed E-state index contributed by atoms with van der Waals surface area (Å²) in [4.78, 5) is 0. The van der Waals surface area contributed by atoms with Crippen LogP contribution < -0.4 is 0 Å². The molecule has 0 saturated heterocycles. The Kier molecular flexibility index (Phi) is 5.45. The molecule has 0 fully saturated rings. The molecular formula is C20H20Cl2N2O. The monoisotopic (exact) mass is 374 g/mol. The fourth-order valence-corrected chi connectivity index (χ4v) is 3.23. The van der Waals surface area contributed by atoms with Crippen LogP contribution in [0.3, 0.4) is 0 Å². The van der Waals surface area contributed by atoms with Crippen LogP contribution in [0.1, 0.15) is 43.7 Å². The fraction of sp³-hybridized carbons (Fsp3) is 0.300. The van der Waals surface area contributed by atoms with E-state index in [0.29, 0.717) is 33.3 Å². The highest BCUT2D eigenvalue weighted by molar-refractivity contribution is 6.36. The number of rotatable bonds is 5. The fourth-order valence-electron chi connectivity index (χ4n) is 2.74. The van der Waals surface area contributed by atoms with Gasteiger partial charge in [-0.1, -0.05) is 61.3 Å². The van der Waals surface area contributed by atoms with E-state index in [2.05, 4.69) is 55.2 Å². The maximum atomic E-state index is 6.22. The van der Waals surface area contributed by atoms with Crippen molar-refractivity contribution in [1.82, 2.24) is 10.2 Å². The molecule has 0 aliphatic heterocycles. The first-order chi connectivity index (χ1) is 11.9. The Morgan fingerprint density at radius 1 is 0.960 bits per heavy atom. The number of benzene rings is 2. The van der Waals surface area contributed by atoms with Crippen LogP contribution in [0.4, 0.5) is 0 Å². The molecule has 1 heterocycles. The largest absolute Gasteiger partial charge is 0.420 e. The van der Waals surface area contributed by atoms with E-state index in [0.717, 1.165) is 12.0 Å². The van der Waals surface area contributed by atoms with Crippen molar-refractivity contribution >= 4 is 23.2 Å². The molecule has 130 valence electrons. The molecule has 0 radical (unpaired) electrons. The third-order valence-electron chi connectivity index (χ3n) is 4.10. The lowest BCUT2D eigenvalue weighted by atomic mass is 9.97. The maximum Gasteiger partial charge on any atom is 0.249 e. The van der Waals surface area contributed by atoms with Gasteiger partial charge < -0.3 is 4.42 Å². The Hall–Kier alpha value is -1.84. The van der Waals surface area contributed by atoms with Crippen molar-refractivity contribution in [2.75, 3.05) is 0 Å². The van der Waals surface area contributed by atoms with Gasteiger partial charge >= 0.3 is 0 Å². The zero-order chi connectivity index (χ0) is 18.0. The van der Waals surface area contributed by atoms with Gasteiger partial charge in [0.25, 0.3) is 0 Å². The molecule has 0 aliphatic carbocycles. The van der Waals surface area contributed by atoms with Gasteiger partial charge in [0.2, 0.25) is 11.8 Å². The van der Waals surface area contributed by atoms with E-state index in [1.165, 1.54) is 5.56 Å². The highest BCUT2D eigenvalue weighted by atomic mass is 35.5. The summed E-state index contributed by atoms with van der Waals surface area (Å²) >= 11 is 12.1. The summed E-state index contributed by atoms with van der Waals surface area (Å²) in [6.07, 6.45) is 1.08. The standard InChI is InChI=1S/C20H20Cl2N2O/c1-12(2)10-14-4-6-15(7-5-14)13(3)19-23-24-20(25-19)17-9-8-16(21)11-18(17)22/h4-9,11-13H,10H2,1-3H3. The molecule has 3 rings (SSSR count). The number of nitrogens with zero attached hydrogens (tertiary/aromatic N) is 2. The van der Waals surface area contributed by atoms with Crippen LogP contribution in [0, 0.1) is 5.92 Å². The molecule has 25 heavy (non-hydrogen) atoms. The predicted octanol–water partition coefficient (Wildman–Crippen LogP) is 6.39. The van der Waals surface area contributed by atoms with E-state index in [4.69, 9.17) is 27.6 Å². The highest BCUT2D eigenvalue weighted by Gasteiger charge is 2.18. The van der Waals surface area contributed by atoms with Gasteiger partial charge in [-0.3, -0.25) is 0 Å². The second-order valence-corrected chi connectivity index (χ2v) is 7.47. The summed E-state index contributed by atoms with van der Waals surface area (Å²) < 4.78 is 5.85. The van der Waals surface area contributed by atoms with E-state index in [9.17, 15) is 0 Å². The van der Waals surface area contributed by atoms with Gasteiger partial charge in [-0.15, -0.1) is 10.2 Å². The van der Waals surface area contributed by atoms with E-state index in [1.54, 1.807) is 18.2 Å². The Labute approximate surface area is 158 Å². The smallest absolute Gasteiger partial charge is 0.249 e. The topological polar surface area (TPSA) is 38.9 Å². The Morgan fingerprint density at radius 3 is 2.32 bits per heavy atom. The lowest BCUT2D eigenvalue weighted by Crippen LogP contribution is -1.98. The third-order valence-corrected chi connectivity index (χ3v) is 4.64. The average molecular weight is 375 g/mol. The van der Waals surface area contributed by atoms with Gasteiger partial charge in [0.1, 0.15) is 0 Å². The van der Waals surface area contributed by atoms with Gasteiger partial charge in [0.05, 0.1) is 16.5 Å². The van der Waals surface area contributed by atoms with Crippen molar-refractivity contribution in [2.45, 2.75) is 33.1 Å². The Morgan fingerprint density at radius 2 is 1.68 bits per heavy atom. The van der Waals surface area contributed by atoms with E-state index in [-0.39, 0.29) is 5.92 Å². The molecule has 0 aliphatic rings. The third kappa shape index (κ3) is 4.23. The maximum absolute atomic E-state index is 6.22. The first-order valence-corrected chi connectivity index (χ1v) is 9.07. The SMILES string of the molecule is CC(C)Cc1ccc(C(C)c2nnc(-c3ccc(Cl)cc3Cl)o2)cc1.